The van der Waals surface area contributed by atoms with Gasteiger partial charge >= 0.3 is 0 Å². The van der Waals surface area contributed by atoms with Crippen molar-refractivity contribution in [2.24, 2.45) is 5.73 Å². The van der Waals surface area contributed by atoms with E-state index in [-0.39, 0.29) is 5.91 Å². The van der Waals surface area contributed by atoms with E-state index in [1.54, 1.807) is 0 Å². The molecule has 5 heteroatoms. The highest BCUT2D eigenvalue weighted by Gasteiger charge is 2.08. The van der Waals surface area contributed by atoms with Crippen LogP contribution in [-0.2, 0) is 11.2 Å². The van der Waals surface area contributed by atoms with Crippen LogP contribution in [0.1, 0.15) is 25.5 Å². The summed E-state index contributed by atoms with van der Waals surface area (Å²) >= 11 is 0. The first-order valence-electron chi connectivity index (χ1n) is 6.54. The van der Waals surface area contributed by atoms with Crippen LogP contribution in [0.25, 0.3) is 11.0 Å². The normalized spacial score (nSPS) is 11.2. The van der Waals surface area contributed by atoms with Crippen molar-refractivity contribution in [1.29, 1.82) is 0 Å². The molecule has 1 aromatic heterocycles. The monoisotopic (exact) mass is 260 g/mol. The molecule has 0 aliphatic heterocycles. The van der Waals surface area contributed by atoms with Crippen LogP contribution in [-0.4, -0.2) is 28.5 Å². The molecule has 0 fully saturated rings. The number of hydrogen-bond acceptors (Lipinski definition) is 3. The van der Waals surface area contributed by atoms with Crippen LogP contribution in [0.15, 0.2) is 24.5 Å². The maximum atomic E-state index is 11.6. The standard InChI is InChI=1S/C14H20N4O/c1-10(2)18-9-17-12-7-11(3-4-13(12)18)8-14(19)16-6-5-15/h3-4,7,9-10H,5-6,8,15H2,1-2H3,(H,16,19). The van der Waals surface area contributed by atoms with Gasteiger partial charge in [-0.15, -0.1) is 0 Å². The zero-order chi connectivity index (χ0) is 13.8. The molecule has 2 rings (SSSR count). The summed E-state index contributed by atoms with van der Waals surface area (Å²) in [5.41, 5.74) is 8.34. The second kappa shape index (κ2) is 5.84. The van der Waals surface area contributed by atoms with E-state index in [0.717, 1.165) is 16.6 Å². The molecule has 2 aromatic rings. The Bertz CT molecular complexity index is 574. The van der Waals surface area contributed by atoms with Gasteiger partial charge in [-0.25, -0.2) is 4.98 Å². The average Bonchev–Trinajstić information content (AvgIpc) is 2.79. The molecule has 1 heterocycles. The number of aromatic nitrogens is 2. The predicted octanol–water partition coefficient (Wildman–Crippen LogP) is 1.23. The zero-order valence-electron chi connectivity index (χ0n) is 11.4. The molecular weight excluding hydrogens is 240 g/mol. The van der Waals surface area contributed by atoms with E-state index in [1.165, 1.54) is 0 Å². The van der Waals surface area contributed by atoms with Gasteiger partial charge in [0.2, 0.25) is 5.91 Å². The number of nitrogens with two attached hydrogens (primary N) is 1. The van der Waals surface area contributed by atoms with E-state index >= 15 is 0 Å². The third-order valence-electron chi connectivity index (χ3n) is 3.03. The third kappa shape index (κ3) is 3.12. The van der Waals surface area contributed by atoms with Gasteiger partial charge in [-0.1, -0.05) is 6.07 Å². The van der Waals surface area contributed by atoms with E-state index in [1.807, 2.05) is 24.5 Å². The van der Waals surface area contributed by atoms with Crippen LogP contribution in [0.3, 0.4) is 0 Å². The minimum Gasteiger partial charge on any atom is -0.355 e. The lowest BCUT2D eigenvalue weighted by atomic mass is 10.1. The maximum Gasteiger partial charge on any atom is 0.224 e. The Balaban J connectivity index is 2.16. The summed E-state index contributed by atoms with van der Waals surface area (Å²) in [5.74, 6) is -0.00640. The number of carbonyl (C=O) groups excluding carboxylic acids is 1. The molecule has 0 spiro atoms. The van der Waals surface area contributed by atoms with Crippen molar-refractivity contribution >= 4 is 16.9 Å². The number of carbonyl (C=O) groups is 1. The van der Waals surface area contributed by atoms with Crippen LogP contribution < -0.4 is 11.1 Å². The predicted molar refractivity (Wildman–Crippen MR) is 75.9 cm³/mol. The summed E-state index contributed by atoms with van der Waals surface area (Å²) in [6.45, 7) is 5.22. The lowest BCUT2D eigenvalue weighted by molar-refractivity contribution is -0.120. The number of rotatable bonds is 5. The fourth-order valence-electron chi connectivity index (χ4n) is 2.06. The highest BCUT2D eigenvalue weighted by Crippen LogP contribution is 2.18. The smallest absolute Gasteiger partial charge is 0.224 e. The molecule has 3 N–H and O–H groups in total. The summed E-state index contributed by atoms with van der Waals surface area (Å²) in [7, 11) is 0. The van der Waals surface area contributed by atoms with Crippen molar-refractivity contribution in [2.45, 2.75) is 26.3 Å². The van der Waals surface area contributed by atoms with Gasteiger partial charge in [-0.05, 0) is 31.5 Å². The first-order valence-corrected chi connectivity index (χ1v) is 6.54. The van der Waals surface area contributed by atoms with Crippen LogP contribution in [0.2, 0.25) is 0 Å². The SMILES string of the molecule is CC(C)n1cnc2cc(CC(=O)NCCN)ccc21. The Kier molecular flexibility index (Phi) is 4.16. The van der Waals surface area contributed by atoms with Crippen molar-refractivity contribution in [2.75, 3.05) is 13.1 Å². The second-order valence-corrected chi connectivity index (χ2v) is 4.88. The largest absolute Gasteiger partial charge is 0.355 e. The number of hydrogen-bond donors (Lipinski definition) is 2. The first kappa shape index (κ1) is 13.5. The Hall–Kier alpha value is -1.88. The minimum atomic E-state index is -0.00640. The van der Waals surface area contributed by atoms with Gasteiger partial charge in [-0.2, -0.15) is 0 Å². The highest BCUT2D eigenvalue weighted by molar-refractivity contribution is 5.81. The first-order chi connectivity index (χ1) is 9.11. The Morgan fingerprint density at radius 2 is 2.26 bits per heavy atom. The number of imidazole rings is 1. The van der Waals surface area contributed by atoms with Crippen LogP contribution >= 0.6 is 0 Å². The molecular formula is C14H20N4O. The Morgan fingerprint density at radius 3 is 2.95 bits per heavy atom. The zero-order valence-corrected chi connectivity index (χ0v) is 11.4. The topological polar surface area (TPSA) is 72.9 Å². The van der Waals surface area contributed by atoms with Gasteiger partial charge < -0.3 is 15.6 Å². The van der Waals surface area contributed by atoms with E-state index in [2.05, 4.69) is 28.7 Å². The number of amides is 1. The Labute approximate surface area is 112 Å². The van der Waals surface area contributed by atoms with Crippen LogP contribution in [0.5, 0.6) is 0 Å². The molecule has 0 aliphatic rings. The lowest BCUT2D eigenvalue weighted by Crippen LogP contribution is -2.30. The van der Waals surface area contributed by atoms with E-state index in [0.29, 0.717) is 25.6 Å². The second-order valence-electron chi connectivity index (χ2n) is 4.88. The van der Waals surface area contributed by atoms with Crippen molar-refractivity contribution in [3.05, 3.63) is 30.1 Å². The molecule has 0 radical (unpaired) electrons. The fraction of sp³-hybridized carbons (Fsp3) is 0.429. The minimum absolute atomic E-state index is 0.00640. The van der Waals surface area contributed by atoms with Gasteiger partial charge in [-0.3, -0.25) is 4.79 Å². The van der Waals surface area contributed by atoms with E-state index < -0.39 is 0 Å². The molecule has 102 valence electrons. The molecule has 0 aliphatic carbocycles. The molecule has 0 unspecified atom stereocenters. The van der Waals surface area contributed by atoms with Gasteiger partial charge in [0.15, 0.2) is 0 Å². The van der Waals surface area contributed by atoms with Gasteiger partial charge in [0.25, 0.3) is 0 Å². The molecule has 1 aromatic carbocycles. The quantitative estimate of drug-likeness (QED) is 0.849. The van der Waals surface area contributed by atoms with E-state index in [4.69, 9.17) is 5.73 Å². The van der Waals surface area contributed by atoms with Crippen molar-refractivity contribution in [1.82, 2.24) is 14.9 Å². The summed E-state index contributed by atoms with van der Waals surface area (Å²) in [6, 6.07) is 6.35. The van der Waals surface area contributed by atoms with Crippen molar-refractivity contribution < 1.29 is 4.79 Å². The lowest BCUT2D eigenvalue weighted by Gasteiger charge is -2.08. The molecule has 0 atom stereocenters. The van der Waals surface area contributed by atoms with E-state index in [9.17, 15) is 4.79 Å². The molecule has 0 saturated heterocycles. The molecule has 19 heavy (non-hydrogen) atoms. The molecule has 1 amide bonds. The molecule has 0 bridgehead atoms. The summed E-state index contributed by atoms with van der Waals surface area (Å²) < 4.78 is 2.12. The number of nitrogens with zero attached hydrogens (tertiary/aromatic N) is 2. The number of nitrogens with one attached hydrogen (secondary N) is 1. The summed E-state index contributed by atoms with van der Waals surface area (Å²) in [4.78, 5) is 16.0. The fourth-order valence-corrected chi connectivity index (χ4v) is 2.06. The van der Waals surface area contributed by atoms with Crippen molar-refractivity contribution in [3.63, 3.8) is 0 Å². The Morgan fingerprint density at radius 1 is 1.47 bits per heavy atom. The van der Waals surface area contributed by atoms with Gasteiger partial charge in [0.1, 0.15) is 0 Å². The molecule has 0 saturated carbocycles. The third-order valence-corrected chi connectivity index (χ3v) is 3.03. The van der Waals surface area contributed by atoms with Crippen LogP contribution in [0.4, 0.5) is 0 Å². The summed E-state index contributed by atoms with van der Waals surface area (Å²) in [6.07, 6.45) is 2.21. The average molecular weight is 260 g/mol. The number of fused-ring (bicyclic) bond motifs is 1. The molecule has 5 nitrogen and oxygen atoms in total. The maximum absolute atomic E-state index is 11.6. The summed E-state index contributed by atoms with van der Waals surface area (Å²) in [5, 5.41) is 2.76. The van der Waals surface area contributed by atoms with Crippen LogP contribution in [0, 0.1) is 0 Å². The van der Waals surface area contributed by atoms with Crippen molar-refractivity contribution in [3.8, 4) is 0 Å². The van der Waals surface area contributed by atoms with Gasteiger partial charge in [0.05, 0.1) is 23.8 Å². The highest BCUT2D eigenvalue weighted by atomic mass is 16.1. The van der Waals surface area contributed by atoms with Gasteiger partial charge in [0, 0.05) is 19.1 Å². The number of benzene rings is 1.